The summed E-state index contributed by atoms with van der Waals surface area (Å²) in [4.78, 5) is 32.2. The van der Waals surface area contributed by atoms with Gasteiger partial charge in [0.15, 0.2) is 0 Å². The fourth-order valence-electron chi connectivity index (χ4n) is 6.98. The number of hydrogen-bond acceptors (Lipinski definition) is 4. The summed E-state index contributed by atoms with van der Waals surface area (Å²) in [7, 11) is 1.83. The zero-order valence-corrected chi connectivity index (χ0v) is 27.6. The quantitative estimate of drug-likeness (QED) is 0.182. The summed E-state index contributed by atoms with van der Waals surface area (Å²) in [5.41, 5.74) is 4.41. The molecule has 2 aliphatic rings. The number of piperidine rings is 1. The summed E-state index contributed by atoms with van der Waals surface area (Å²) in [6.45, 7) is 4.24. The predicted molar refractivity (Wildman–Crippen MR) is 186 cm³/mol. The zero-order valence-electron chi connectivity index (χ0n) is 26.1. The number of nitriles is 1. The monoisotopic (exact) mass is 652 g/mol. The van der Waals surface area contributed by atoms with E-state index in [0.717, 1.165) is 73.9 Å². The molecule has 0 saturated carbocycles. The van der Waals surface area contributed by atoms with E-state index in [0.29, 0.717) is 40.1 Å². The molecule has 6 nitrogen and oxygen atoms in total. The van der Waals surface area contributed by atoms with E-state index in [1.807, 2.05) is 60.5 Å². The number of anilines is 1. The molecule has 0 N–H and O–H groups in total. The Bertz CT molecular complexity index is 1780. The first-order chi connectivity index (χ1) is 22.3. The lowest BCUT2D eigenvalue weighted by molar-refractivity contribution is -0.117. The van der Waals surface area contributed by atoms with Crippen LogP contribution in [-0.4, -0.2) is 61.4 Å². The predicted octanol–water partition coefficient (Wildman–Crippen LogP) is 8.27. The first-order valence-corrected chi connectivity index (χ1v) is 16.8. The highest BCUT2D eigenvalue weighted by Crippen LogP contribution is 2.33. The van der Waals surface area contributed by atoms with Crippen molar-refractivity contribution in [1.29, 1.82) is 5.26 Å². The molecule has 0 unspecified atom stereocenters. The Morgan fingerprint density at radius 1 is 0.978 bits per heavy atom. The maximum absolute atomic E-state index is 13.8. The molecule has 0 spiro atoms. The van der Waals surface area contributed by atoms with Gasteiger partial charge in [0.1, 0.15) is 0 Å². The molecule has 4 aromatic rings. The Hall–Kier alpha value is -3.89. The van der Waals surface area contributed by atoms with Gasteiger partial charge in [0.05, 0.1) is 21.7 Å². The van der Waals surface area contributed by atoms with Gasteiger partial charge in [-0.05, 0) is 110 Å². The Balaban J connectivity index is 1.12. The SMILES string of the molecule is CN(C[C@@H](CCN1CCC(c2ccc(N3CCCC3=O)cc2)CC1)c1ccc(Cl)c(Cl)c1)C(=O)c1cc(C#N)cc2ccccc12. The highest BCUT2D eigenvalue weighted by molar-refractivity contribution is 6.42. The average Bonchev–Trinajstić information content (AvgIpc) is 3.52. The fraction of sp³-hybridized carbons (Fsp3) is 0.342. The van der Waals surface area contributed by atoms with Gasteiger partial charge in [-0.15, -0.1) is 0 Å². The van der Waals surface area contributed by atoms with Crippen LogP contribution >= 0.6 is 23.2 Å². The van der Waals surface area contributed by atoms with Crippen molar-refractivity contribution in [2.75, 3.05) is 44.7 Å². The molecule has 0 bridgehead atoms. The number of halogens is 2. The molecular formula is C38H38Cl2N4O2. The van der Waals surface area contributed by atoms with Crippen molar-refractivity contribution < 1.29 is 9.59 Å². The molecule has 2 saturated heterocycles. The summed E-state index contributed by atoms with van der Waals surface area (Å²) >= 11 is 12.7. The minimum Gasteiger partial charge on any atom is -0.341 e. The number of carbonyl (C=O) groups is 2. The van der Waals surface area contributed by atoms with Gasteiger partial charge in [0.2, 0.25) is 5.91 Å². The number of carbonyl (C=O) groups excluding carboxylic acids is 2. The van der Waals surface area contributed by atoms with Crippen molar-refractivity contribution in [3.63, 3.8) is 0 Å². The Labute approximate surface area is 281 Å². The normalized spacial score (nSPS) is 16.5. The lowest BCUT2D eigenvalue weighted by Gasteiger charge is -2.34. The van der Waals surface area contributed by atoms with Crippen LogP contribution in [0.2, 0.25) is 10.0 Å². The van der Waals surface area contributed by atoms with Gasteiger partial charge < -0.3 is 14.7 Å². The number of amides is 2. The molecule has 2 heterocycles. The number of fused-ring (bicyclic) bond motifs is 1. The maximum Gasteiger partial charge on any atom is 0.254 e. The van der Waals surface area contributed by atoms with Crippen molar-refractivity contribution in [1.82, 2.24) is 9.80 Å². The number of nitrogens with zero attached hydrogens (tertiary/aromatic N) is 4. The summed E-state index contributed by atoms with van der Waals surface area (Å²) in [5.74, 6) is 0.665. The molecule has 0 radical (unpaired) electrons. The Morgan fingerprint density at radius 2 is 1.74 bits per heavy atom. The van der Waals surface area contributed by atoms with E-state index in [2.05, 4.69) is 35.2 Å². The van der Waals surface area contributed by atoms with E-state index < -0.39 is 0 Å². The highest BCUT2D eigenvalue weighted by Gasteiger charge is 2.26. The van der Waals surface area contributed by atoms with E-state index >= 15 is 0 Å². The summed E-state index contributed by atoms with van der Waals surface area (Å²) in [5, 5.41) is 12.3. The molecule has 6 rings (SSSR count). The van der Waals surface area contributed by atoms with Crippen molar-refractivity contribution in [2.45, 2.75) is 43.9 Å². The third-order valence-electron chi connectivity index (χ3n) is 9.61. The molecule has 0 aliphatic carbocycles. The second-order valence-electron chi connectivity index (χ2n) is 12.6. The van der Waals surface area contributed by atoms with Gasteiger partial charge in [-0.3, -0.25) is 9.59 Å². The molecule has 1 atom stereocenters. The molecule has 46 heavy (non-hydrogen) atoms. The molecule has 0 aromatic heterocycles. The maximum atomic E-state index is 13.8. The Kier molecular flexibility index (Phi) is 9.94. The molecule has 4 aromatic carbocycles. The van der Waals surface area contributed by atoms with Crippen LogP contribution in [-0.2, 0) is 4.79 Å². The average molecular weight is 654 g/mol. The summed E-state index contributed by atoms with van der Waals surface area (Å²) in [6.07, 6.45) is 4.61. The summed E-state index contributed by atoms with van der Waals surface area (Å²) in [6, 6.07) is 27.8. The highest BCUT2D eigenvalue weighted by atomic mass is 35.5. The van der Waals surface area contributed by atoms with E-state index in [9.17, 15) is 14.9 Å². The molecular weight excluding hydrogens is 615 g/mol. The van der Waals surface area contributed by atoms with Crippen LogP contribution in [0.25, 0.3) is 10.8 Å². The first-order valence-electron chi connectivity index (χ1n) is 16.1. The molecule has 236 valence electrons. The van der Waals surface area contributed by atoms with Crippen molar-refractivity contribution in [3.05, 3.63) is 111 Å². The number of benzene rings is 4. The van der Waals surface area contributed by atoms with Crippen molar-refractivity contribution in [2.24, 2.45) is 0 Å². The number of rotatable bonds is 9. The number of likely N-dealkylation sites (tertiary alicyclic amines) is 1. The minimum atomic E-state index is -0.112. The van der Waals surface area contributed by atoms with E-state index in [1.165, 1.54) is 5.56 Å². The smallest absolute Gasteiger partial charge is 0.254 e. The topological polar surface area (TPSA) is 67.7 Å². The van der Waals surface area contributed by atoms with Crippen LogP contribution in [0.4, 0.5) is 5.69 Å². The van der Waals surface area contributed by atoms with Crippen LogP contribution in [0, 0.1) is 11.3 Å². The van der Waals surface area contributed by atoms with Gasteiger partial charge in [-0.1, -0.05) is 65.7 Å². The van der Waals surface area contributed by atoms with Gasteiger partial charge in [-0.2, -0.15) is 5.26 Å². The van der Waals surface area contributed by atoms with Gasteiger partial charge in [-0.25, -0.2) is 0 Å². The molecule has 2 fully saturated rings. The standard InChI is InChI=1S/C38H38Cl2N4O2/c1-42(38(46)34-22-26(24-41)21-30-5-2-3-6-33(30)34)25-31(29-10-13-35(39)36(40)23-29)16-20-43-18-14-28(15-19-43)27-8-11-32(12-9-27)44-17-4-7-37(44)45/h2-3,5-6,8-13,21-23,28,31H,4,7,14-20,25H2,1H3/t31-/m1/s1. The molecule has 2 aliphatic heterocycles. The zero-order chi connectivity index (χ0) is 32.2. The molecule has 2 amide bonds. The Morgan fingerprint density at radius 3 is 2.43 bits per heavy atom. The van der Waals surface area contributed by atoms with E-state index in [-0.39, 0.29) is 17.7 Å². The largest absolute Gasteiger partial charge is 0.341 e. The third kappa shape index (κ3) is 7.08. The number of likely N-dealkylation sites (N-methyl/N-ethyl adjacent to an activating group) is 1. The second-order valence-corrected chi connectivity index (χ2v) is 13.4. The second kappa shape index (κ2) is 14.3. The van der Waals surface area contributed by atoms with E-state index in [4.69, 9.17) is 23.2 Å². The van der Waals surface area contributed by atoms with Gasteiger partial charge in [0.25, 0.3) is 5.91 Å². The third-order valence-corrected chi connectivity index (χ3v) is 10.3. The lowest BCUT2D eigenvalue weighted by atomic mass is 9.88. The van der Waals surface area contributed by atoms with E-state index in [1.54, 1.807) is 11.0 Å². The lowest BCUT2D eigenvalue weighted by Crippen LogP contribution is -2.36. The minimum absolute atomic E-state index is 0.0488. The van der Waals surface area contributed by atoms with Crippen LogP contribution in [0.15, 0.2) is 78.9 Å². The summed E-state index contributed by atoms with van der Waals surface area (Å²) < 4.78 is 0. The van der Waals surface area contributed by atoms with Crippen LogP contribution in [0.1, 0.15) is 71.0 Å². The van der Waals surface area contributed by atoms with Gasteiger partial charge >= 0.3 is 0 Å². The van der Waals surface area contributed by atoms with Gasteiger partial charge in [0, 0.05) is 43.7 Å². The first kappa shape index (κ1) is 32.1. The fourth-order valence-corrected chi connectivity index (χ4v) is 7.28. The number of hydrogen-bond donors (Lipinski definition) is 0. The molecule has 8 heteroatoms. The van der Waals surface area contributed by atoms with Crippen LogP contribution in [0.5, 0.6) is 0 Å². The van der Waals surface area contributed by atoms with Crippen molar-refractivity contribution in [3.8, 4) is 6.07 Å². The van der Waals surface area contributed by atoms with Crippen molar-refractivity contribution >= 4 is 51.5 Å². The van der Waals surface area contributed by atoms with Crippen LogP contribution < -0.4 is 4.90 Å². The van der Waals surface area contributed by atoms with Crippen LogP contribution in [0.3, 0.4) is 0 Å².